The van der Waals surface area contributed by atoms with Gasteiger partial charge in [-0.25, -0.2) is 0 Å². The first kappa shape index (κ1) is 10.5. The number of aliphatic hydroxyl groups is 1. The maximum Gasteiger partial charge on any atom is 0.0718 e. The lowest BCUT2D eigenvalue weighted by Crippen LogP contribution is -2.37. The maximum atomic E-state index is 9.59. The average Bonchev–Trinajstić information content (AvgIpc) is 2.33. The van der Waals surface area contributed by atoms with E-state index >= 15 is 0 Å². The molecule has 1 rings (SSSR count). The smallest absolute Gasteiger partial charge is 0.0718 e. The van der Waals surface area contributed by atoms with Crippen LogP contribution in [0.4, 0.5) is 0 Å². The summed E-state index contributed by atoms with van der Waals surface area (Å²) in [4.78, 5) is 2.24. The second-order valence-corrected chi connectivity index (χ2v) is 4.56. The third kappa shape index (κ3) is 3.75. The van der Waals surface area contributed by atoms with E-state index in [4.69, 9.17) is 5.26 Å². The molecule has 0 aromatic carbocycles. The molecule has 1 aliphatic rings. The Labute approximate surface area is 80.0 Å². The summed E-state index contributed by atoms with van der Waals surface area (Å²) in [6.45, 7) is 6.36. The van der Waals surface area contributed by atoms with Crippen molar-refractivity contribution in [3.63, 3.8) is 0 Å². The van der Waals surface area contributed by atoms with Gasteiger partial charge in [0.15, 0.2) is 0 Å². The van der Waals surface area contributed by atoms with Crippen LogP contribution >= 0.6 is 0 Å². The summed E-state index contributed by atoms with van der Waals surface area (Å²) >= 11 is 0. The minimum absolute atomic E-state index is 0.521. The van der Waals surface area contributed by atoms with Gasteiger partial charge in [0, 0.05) is 19.5 Å². The maximum absolute atomic E-state index is 9.59. The quantitative estimate of drug-likeness (QED) is 0.708. The van der Waals surface area contributed by atoms with Gasteiger partial charge in [0.2, 0.25) is 0 Å². The lowest BCUT2D eigenvalue weighted by molar-refractivity contribution is 0.0429. The predicted molar refractivity (Wildman–Crippen MR) is 51.1 cm³/mol. The molecule has 0 aromatic heterocycles. The van der Waals surface area contributed by atoms with E-state index in [1.165, 1.54) is 0 Å². The molecule has 3 heteroatoms. The van der Waals surface area contributed by atoms with E-state index in [9.17, 15) is 5.11 Å². The zero-order chi connectivity index (χ0) is 9.90. The molecule has 0 saturated carbocycles. The highest BCUT2D eigenvalue weighted by atomic mass is 16.3. The molecular formula is C10H18N2O. The first-order chi connectivity index (χ1) is 6.01. The first-order valence-corrected chi connectivity index (χ1v) is 4.83. The van der Waals surface area contributed by atoms with Gasteiger partial charge in [-0.05, 0) is 32.7 Å². The van der Waals surface area contributed by atoms with Gasteiger partial charge in [-0.3, -0.25) is 0 Å². The van der Waals surface area contributed by atoms with Crippen LogP contribution in [0.25, 0.3) is 0 Å². The Hall–Kier alpha value is -0.590. The van der Waals surface area contributed by atoms with Crippen LogP contribution in [0.5, 0.6) is 0 Å². The van der Waals surface area contributed by atoms with E-state index in [0.29, 0.717) is 12.3 Å². The lowest BCUT2D eigenvalue weighted by atomic mass is 10.1. The van der Waals surface area contributed by atoms with Crippen molar-refractivity contribution in [3.8, 4) is 6.07 Å². The van der Waals surface area contributed by atoms with Crippen LogP contribution in [-0.2, 0) is 0 Å². The Morgan fingerprint density at radius 3 is 2.85 bits per heavy atom. The highest BCUT2D eigenvalue weighted by molar-refractivity contribution is 4.85. The van der Waals surface area contributed by atoms with Crippen molar-refractivity contribution in [1.82, 2.24) is 4.90 Å². The van der Waals surface area contributed by atoms with Crippen molar-refractivity contribution in [2.75, 3.05) is 19.6 Å². The third-order valence-corrected chi connectivity index (χ3v) is 2.36. The molecule has 0 aromatic rings. The monoisotopic (exact) mass is 182 g/mol. The zero-order valence-corrected chi connectivity index (χ0v) is 8.45. The van der Waals surface area contributed by atoms with Crippen molar-refractivity contribution in [2.24, 2.45) is 5.92 Å². The van der Waals surface area contributed by atoms with E-state index in [2.05, 4.69) is 11.0 Å². The summed E-state index contributed by atoms with van der Waals surface area (Å²) in [6.07, 6.45) is 1.76. The molecule has 1 N–H and O–H groups in total. The fraction of sp³-hybridized carbons (Fsp3) is 0.900. The first-order valence-electron chi connectivity index (χ1n) is 4.83. The van der Waals surface area contributed by atoms with E-state index < -0.39 is 5.60 Å². The summed E-state index contributed by atoms with van der Waals surface area (Å²) in [6, 6.07) is 2.20. The number of β-amino-alcohol motifs (C(OH)–C–C–N with tert-alkyl or cyclic N) is 1. The summed E-state index contributed by atoms with van der Waals surface area (Å²) in [5.41, 5.74) is -0.610. The van der Waals surface area contributed by atoms with Crippen molar-refractivity contribution >= 4 is 0 Å². The van der Waals surface area contributed by atoms with Crippen LogP contribution in [-0.4, -0.2) is 35.2 Å². The Balaban J connectivity index is 2.30. The van der Waals surface area contributed by atoms with Gasteiger partial charge in [-0.1, -0.05) is 0 Å². The third-order valence-electron chi connectivity index (χ3n) is 2.36. The van der Waals surface area contributed by atoms with E-state index in [-0.39, 0.29) is 0 Å². The second kappa shape index (κ2) is 4.08. The van der Waals surface area contributed by atoms with Gasteiger partial charge in [-0.15, -0.1) is 0 Å². The second-order valence-electron chi connectivity index (χ2n) is 4.56. The minimum atomic E-state index is -0.610. The molecule has 0 amide bonds. The number of likely N-dealkylation sites (tertiary alicyclic amines) is 1. The van der Waals surface area contributed by atoms with Gasteiger partial charge >= 0.3 is 0 Å². The largest absolute Gasteiger partial charge is 0.389 e. The molecule has 1 saturated heterocycles. The van der Waals surface area contributed by atoms with Crippen molar-refractivity contribution in [2.45, 2.75) is 32.3 Å². The fourth-order valence-electron chi connectivity index (χ4n) is 1.90. The SMILES string of the molecule is CC(C)(O)CN1CCC(CC#N)C1. The molecule has 3 nitrogen and oxygen atoms in total. The Bertz CT molecular complexity index is 202. The molecule has 0 radical (unpaired) electrons. The van der Waals surface area contributed by atoms with Crippen LogP contribution in [0.2, 0.25) is 0 Å². The molecule has 0 spiro atoms. The molecule has 1 atom stereocenters. The molecule has 13 heavy (non-hydrogen) atoms. The molecule has 0 aliphatic carbocycles. The standard InChI is InChI=1S/C10H18N2O/c1-10(2,13)8-12-6-4-9(7-12)3-5-11/h9,13H,3-4,6-8H2,1-2H3. The normalized spacial score (nSPS) is 24.6. The summed E-state index contributed by atoms with van der Waals surface area (Å²) in [5.74, 6) is 0.521. The number of rotatable bonds is 3. The van der Waals surface area contributed by atoms with Gasteiger partial charge in [-0.2, -0.15) is 5.26 Å². The molecule has 1 fully saturated rings. The van der Waals surface area contributed by atoms with E-state index in [0.717, 1.165) is 26.1 Å². The Morgan fingerprint density at radius 1 is 1.62 bits per heavy atom. The zero-order valence-electron chi connectivity index (χ0n) is 8.45. The van der Waals surface area contributed by atoms with Crippen LogP contribution in [0.3, 0.4) is 0 Å². The Kier molecular flexibility index (Phi) is 3.29. The topological polar surface area (TPSA) is 47.3 Å². The number of hydrogen-bond donors (Lipinski definition) is 1. The van der Waals surface area contributed by atoms with Gasteiger partial charge < -0.3 is 10.0 Å². The Morgan fingerprint density at radius 2 is 2.31 bits per heavy atom. The molecule has 1 unspecified atom stereocenters. The number of nitrogens with zero attached hydrogens (tertiary/aromatic N) is 2. The van der Waals surface area contributed by atoms with Gasteiger partial charge in [0.1, 0.15) is 0 Å². The van der Waals surface area contributed by atoms with Crippen molar-refractivity contribution < 1.29 is 5.11 Å². The highest BCUT2D eigenvalue weighted by Gasteiger charge is 2.26. The van der Waals surface area contributed by atoms with E-state index in [1.54, 1.807) is 0 Å². The molecule has 1 heterocycles. The lowest BCUT2D eigenvalue weighted by Gasteiger charge is -2.24. The summed E-state index contributed by atoms with van der Waals surface area (Å²) < 4.78 is 0. The van der Waals surface area contributed by atoms with Gasteiger partial charge in [0.05, 0.1) is 11.7 Å². The van der Waals surface area contributed by atoms with Gasteiger partial charge in [0.25, 0.3) is 0 Å². The minimum Gasteiger partial charge on any atom is -0.389 e. The van der Waals surface area contributed by atoms with Crippen LogP contribution in [0.15, 0.2) is 0 Å². The molecular weight excluding hydrogens is 164 g/mol. The molecule has 74 valence electrons. The molecule has 1 aliphatic heterocycles. The summed E-state index contributed by atoms with van der Waals surface area (Å²) in [5, 5.41) is 18.1. The fourth-order valence-corrected chi connectivity index (χ4v) is 1.90. The van der Waals surface area contributed by atoms with Crippen LogP contribution < -0.4 is 0 Å². The average molecular weight is 182 g/mol. The molecule has 0 bridgehead atoms. The number of hydrogen-bond acceptors (Lipinski definition) is 3. The van der Waals surface area contributed by atoms with E-state index in [1.807, 2.05) is 13.8 Å². The van der Waals surface area contributed by atoms with Crippen molar-refractivity contribution in [1.29, 1.82) is 5.26 Å². The highest BCUT2D eigenvalue weighted by Crippen LogP contribution is 2.20. The van der Waals surface area contributed by atoms with Crippen LogP contribution in [0.1, 0.15) is 26.7 Å². The van der Waals surface area contributed by atoms with Crippen LogP contribution in [0, 0.1) is 17.2 Å². The number of nitriles is 1. The predicted octanol–water partition coefficient (Wildman–Crippen LogP) is 0.993. The summed E-state index contributed by atoms with van der Waals surface area (Å²) in [7, 11) is 0. The van der Waals surface area contributed by atoms with Crippen molar-refractivity contribution in [3.05, 3.63) is 0 Å².